The molecule has 0 bridgehead atoms. The molecule has 2 rings (SSSR count). The van der Waals surface area contributed by atoms with Crippen LogP contribution in [0.3, 0.4) is 0 Å². The zero-order chi connectivity index (χ0) is 16.7. The molecule has 122 valence electrons. The molecule has 0 aliphatic carbocycles. The van der Waals surface area contributed by atoms with Crippen molar-refractivity contribution in [3.8, 4) is 11.5 Å². The van der Waals surface area contributed by atoms with Crippen LogP contribution in [0.5, 0.6) is 11.5 Å². The molecular weight excluding hydrogens is 294 g/mol. The molecule has 5 nitrogen and oxygen atoms in total. The zero-order valence-corrected chi connectivity index (χ0v) is 13.4. The third kappa shape index (κ3) is 5.62. The lowest BCUT2D eigenvalue weighted by molar-refractivity contribution is 0.0695. The number of nitrogens with zero attached hydrogens (tertiary/aromatic N) is 1. The van der Waals surface area contributed by atoms with Gasteiger partial charge in [-0.2, -0.15) is 0 Å². The Balaban J connectivity index is 1.95. The molecule has 0 spiro atoms. The lowest BCUT2D eigenvalue weighted by Gasteiger charge is -2.13. The van der Waals surface area contributed by atoms with Crippen LogP contribution in [-0.2, 0) is 6.42 Å². The van der Waals surface area contributed by atoms with E-state index in [9.17, 15) is 9.90 Å². The smallest absolute Gasteiger partial charge is 0.335 e. The first-order chi connectivity index (χ1) is 11.0. The van der Waals surface area contributed by atoms with Gasteiger partial charge in [-0.1, -0.05) is 6.07 Å². The van der Waals surface area contributed by atoms with Crippen molar-refractivity contribution in [3.63, 3.8) is 0 Å². The van der Waals surface area contributed by atoms with Crippen LogP contribution in [0.4, 0.5) is 0 Å². The molecule has 2 aromatic rings. The lowest BCUT2D eigenvalue weighted by atomic mass is 10.1. The number of aromatic nitrogens is 1. The zero-order valence-electron chi connectivity index (χ0n) is 13.4. The number of aryl methyl sites for hydroxylation is 1. The van der Waals surface area contributed by atoms with Crippen LogP contribution >= 0.6 is 0 Å². The van der Waals surface area contributed by atoms with E-state index in [1.165, 1.54) is 12.1 Å². The summed E-state index contributed by atoms with van der Waals surface area (Å²) in [4.78, 5) is 15.3. The summed E-state index contributed by atoms with van der Waals surface area (Å²) in [5.74, 6) is 0.00770. The molecule has 0 atom stereocenters. The molecule has 0 unspecified atom stereocenters. The Hall–Kier alpha value is -2.56. The van der Waals surface area contributed by atoms with Crippen LogP contribution in [0.2, 0.25) is 0 Å². The maximum atomic E-state index is 11.2. The summed E-state index contributed by atoms with van der Waals surface area (Å²) in [6.45, 7) is 4.28. The number of carboxylic acids is 1. The molecule has 5 heteroatoms. The Kier molecular flexibility index (Phi) is 5.97. The average molecular weight is 315 g/mol. The molecule has 1 aromatic carbocycles. The number of ether oxygens (including phenoxy) is 2. The van der Waals surface area contributed by atoms with E-state index in [1.54, 1.807) is 12.3 Å². The van der Waals surface area contributed by atoms with Crippen LogP contribution in [0, 0.1) is 0 Å². The summed E-state index contributed by atoms with van der Waals surface area (Å²) in [5, 5.41) is 9.17. The molecule has 0 aliphatic rings. The molecular formula is C18H21NO4. The van der Waals surface area contributed by atoms with E-state index in [1.807, 2.05) is 32.2 Å². The first kappa shape index (κ1) is 16.8. The third-order valence-electron chi connectivity index (χ3n) is 3.10. The summed E-state index contributed by atoms with van der Waals surface area (Å²) in [5.41, 5.74) is 1.31. The number of benzene rings is 1. The van der Waals surface area contributed by atoms with Gasteiger partial charge >= 0.3 is 5.97 Å². The maximum Gasteiger partial charge on any atom is 0.335 e. The Morgan fingerprint density at radius 1 is 1.26 bits per heavy atom. The van der Waals surface area contributed by atoms with Crippen LogP contribution in [0.1, 0.15) is 36.2 Å². The van der Waals surface area contributed by atoms with Crippen LogP contribution in [-0.4, -0.2) is 28.8 Å². The highest BCUT2D eigenvalue weighted by Gasteiger charge is 2.10. The van der Waals surface area contributed by atoms with Crippen molar-refractivity contribution >= 4 is 5.97 Å². The van der Waals surface area contributed by atoms with Gasteiger partial charge in [0.25, 0.3) is 0 Å². The van der Waals surface area contributed by atoms with Gasteiger partial charge < -0.3 is 14.6 Å². The highest BCUT2D eigenvalue weighted by molar-refractivity contribution is 5.88. The number of rotatable bonds is 8. The fourth-order valence-electron chi connectivity index (χ4n) is 2.13. The Labute approximate surface area is 135 Å². The SMILES string of the molecule is CC(C)Oc1cc(OCCCc2cccnc2)cc(C(=O)O)c1. The molecule has 0 radical (unpaired) electrons. The molecule has 1 heterocycles. The number of hydrogen-bond acceptors (Lipinski definition) is 4. The second kappa shape index (κ2) is 8.17. The molecule has 23 heavy (non-hydrogen) atoms. The molecule has 1 aromatic heterocycles. The van der Waals surface area contributed by atoms with Crippen LogP contribution in [0.25, 0.3) is 0 Å². The van der Waals surface area contributed by atoms with E-state index in [0.29, 0.717) is 18.1 Å². The molecule has 1 N–H and O–H groups in total. The van der Waals surface area contributed by atoms with E-state index in [4.69, 9.17) is 9.47 Å². The minimum Gasteiger partial charge on any atom is -0.493 e. The molecule has 0 fully saturated rings. The summed E-state index contributed by atoms with van der Waals surface area (Å²) in [6.07, 6.45) is 5.23. The standard InChI is InChI=1S/C18H21NO4/c1-13(2)23-17-10-15(18(20)21)9-16(11-17)22-8-4-6-14-5-3-7-19-12-14/h3,5,7,9-13H,4,6,8H2,1-2H3,(H,20,21). The Bertz CT molecular complexity index is 641. The monoisotopic (exact) mass is 315 g/mol. The van der Waals surface area contributed by atoms with Crippen molar-refractivity contribution < 1.29 is 19.4 Å². The predicted molar refractivity (Wildman–Crippen MR) is 87.2 cm³/mol. The first-order valence-electron chi connectivity index (χ1n) is 7.61. The van der Waals surface area contributed by atoms with E-state index in [0.717, 1.165) is 18.4 Å². The van der Waals surface area contributed by atoms with Crippen molar-refractivity contribution in [1.29, 1.82) is 0 Å². The van der Waals surface area contributed by atoms with E-state index in [2.05, 4.69) is 4.98 Å². The van der Waals surface area contributed by atoms with Gasteiger partial charge in [0.15, 0.2) is 0 Å². The molecule has 0 saturated carbocycles. The van der Waals surface area contributed by atoms with Crippen molar-refractivity contribution in [3.05, 3.63) is 53.9 Å². The minimum atomic E-state index is -1.00. The second-order valence-corrected chi connectivity index (χ2v) is 5.48. The number of pyridine rings is 1. The van der Waals surface area contributed by atoms with Crippen molar-refractivity contribution in [2.45, 2.75) is 32.8 Å². The largest absolute Gasteiger partial charge is 0.493 e. The fourth-order valence-corrected chi connectivity index (χ4v) is 2.13. The lowest BCUT2D eigenvalue weighted by Crippen LogP contribution is -2.08. The fraction of sp³-hybridized carbons (Fsp3) is 0.333. The van der Waals surface area contributed by atoms with Gasteiger partial charge in [0.2, 0.25) is 0 Å². The van der Waals surface area contributed by atoms with Crippen LogP contribution < -0.4 is 9.47 Å². The highest BCUT2D eigenvalue weighted by atomic mass is 16.5. The summed E-state index contributed by atoms with van der Waals surface area (Å²) >= 11 is 0. The normalized spacial score (nSPS) is 10.6. The third-order valence-corrected chi connectivity index (χ3v) is 3.10. The van der Waals surface area contributed by atoms with Crippen molar-refractivity contribution in [1.82, 2.24) is 4.98 Å². The van der Waals surface area contributed by atoms with Gasteiger partial charge in [0, 0.05) is 18.5 Å². The highest BCUT2D eigenvalue weighted by Crippen LogP contribution is 2.24. The number of aromatic carboxylic acids is 1. The van der Waals surface area contributed by atoms with Crippen molar-refractivity contribution in [2.24, 2.45) is 0 Å². The number of carboxylic acid groups (broad SMARTS) is 1. The van der Waals surface area contributed by atoms with Gasteiger partial charge in [-0.25, -0.2) is 4.79 Å². The molecule has 0 aliphatic heterocycles. The number of hydrogen-bond donors (Lipinski definition) is 1. The average Bonchev–Trinajstić information content (AvgIpc) is 2.52. The van der Waals surface area contributed by atoms with Crippen molar-refractivity contribution in [2.75, 3.05) is 6.61 Å². The van der Waals surface area contributed by atoms with Gasteiger partial charge in [-0.3, -0.25) is 4.98 Å². The summed E-state index contributed by atoms with van der Waals surface area (Å²) < 4.78 is 11.2. The van der Waals surface area contributed by atoms with E-state index < -0.39 is 5.97 Å². The number of carbonyl (C=O) groups is 1. The van der Waals surface area contributed by atoms with E-state index >= 15 is 0 Å². The first-order valence-corrected chi connectivity index (χ1v) is 7.61. The predicted octanol–water partition coefficient (Wildman–Crippen LogP) is 3.58. The summed E-state index contributed by atoms with van der Waals surface area (Å²) in [6, 6.07) is 8.66. The minimum absolute atomic E-state index is 0.0301. The van der Waals surface area contributed by atoms with Gasteiger partial charge in [-0.05, 0) is 50.5 Å². The van der Waals surface area contributed by atoms with E-state index in [-0.39, 0.29) is 11.7 Å². The van der Waals surface area contributed by atoms with Crippen LogP contribution in [0.15, 0.2) is 42.7 Å². The second-order valence-electron chi connectivity index (χ2n) is 5.48. The maximum absolute atomic E-state index is 11.2. The van der Waals surface area contributed by atoms with Gasteiger partial charge in [0.1, 0.15) is 11.5 Å². The topological polar surface area (TPSA) is 68.7 Å². The molecule has 0 amide bonds. The molecule has 0 saturated heterocycles. The summed E-state index contributed by atoms with van der Waals surface area (Å²) in [7, 11) is 0. The Morgan fingerprint density at radius 2 is 2.04 bits per heavy atom. The quantitative estimate of drug-likeness (QED) is 0.754. The Morgan fingerprint density at radius 3 is 2.70 bits per heavy atom. The van der Waals surface area contributed by atoms with Gasteiger partial charge in [-0.15, -0.1) is 0 Å². The van der Waals surface area contributed by atoms with Gasteiger partial charge in [0.05, 0.1) is 18.3 Å².